The van der Waals surface area contributed by atoms with E-state index in [2.05, 4.69) is 18.7 Å². The van der Waals surface area contributed by atoms with Gasteiger partial charge in [-0.3, -0.25) is 4.90 Å². The van der Waals surface area contributed by atoms with Gasteiger partial charge in [0.25, 0.3) is 0 Å². The molecule has 4 heteroatoms. The van der Waals surface area contributed by atoms with Crippen LogP contribution in [0.3, 0.4) is 0 Å². The zero-order chi connectivity index (χ0) is 14.2. The second-order valence-corrected chi connectivity index (χ2v) is 6.20. The Bertz CT molecular complexity index is 459. The molecule has 0 amide bonds. The van der Waals surface area contributed by atoms with Crippen LogP contribution in [-0.2, 0) is 0 Å². The molecule has 2 rings (SSSR count). The number of piperidine rings is 1. The van der Waals surface area contributed by atoms with Gasteiger partial charge in [0.2, 0.25) is 0 Å². The van der Waals surface area contributed by atoms with Crippen molar-refractivity contribution in [2.75, 3.05) is 13.1 Å². The van der Waals surface area contributed by atoms with Gasteiger partial charge in [0, 0.05) is 36.8 Å². The van der Waals surface area contributed by atoms with E-state index in [4.69, 9.17) is 5.73 Å². The minimum Gasteiger partial charge on any atom is -0.327 e. The third kappa shape index (κ3) is 2.95. The summed E-state index contributed by atoms with van der Waals surface area (Å²) < 4.78 is 26.8. The van der Waals surface area contributed by atoms with Crippen molar-refractivity contribution in [3.8, 4) is 0 Å². The zero-order valence-electron chi connectivity index (χ0n) is 11.8. The summed E-state index contributed by atoms with van der Waals surface area (Å²) >= 11 is 0. The molecule has 2 unspecified atom stereocenters. The van der Waals surface area contributed by atoms with Crippen LogP contribution in [0.25, 0.3) is 0 Å². The Morgan fingerprint density at radius 3 is 2.63 bits per heavy atom. The summed E-state index contributed by atoms with van der Waals surface area (Å²) in [5.74, 6) is -1.00. The van der Waals surface area contributed by atoms with Gasteiger partial charge in [-0.25, -0.2) is 8.78 Å². The van der Waals surface area contributed by atoms with Crippen LogP contribution < -0.4 is 5.73 Å². The highest BCUT2D eigenvalue weighted by Crippen LogP contribution is 2.33. The van der Waals surface area contributed by atoms with Gasteiger partial charge in [-0.2, -0.15) is 0 Å². The molecule has 1 aliphatic rings. The van der Waals surface area contributed by atoms with E-state index in [1.807, 2.05) is 6.92 Å². The van der Waals surface area contributed by atoms with Crippen LogP contribution in [0.2, 0.25) is 0 Å². The summed E-state index contributed by atoms with van der Waals surface area (Å²) in [4.78, 5) is 2.22. The van der Waals surface area contributed by atoms with Gasteiger partial charge in [0.15, 0.2) is 0 Å². The standard InChI is InChI=1S/C15H22F2N2/c1-10(12-5-4-11(16)8-13(12)17)19-7-6-14(18)15(2,3)9-19/h4-5,8,10,14H,6-7,9,18H2,1-3H3. The fourth-order valence-corrected chi connectivity index (χ4v) is 2.78. The zero-order valence-corrected chi connectivity index (χ0v) is 11.8. The summed E-state index contributed by atoms with van der Waals surface area (Å²) in [6, 6.07) is 3.92. The van der Waals surface area contributed by atoms with Crippen LogP contribution in [0.1, 0.15) is 38.8 Å². The molecule has 2 nitrogen and oxygen atoms in total. The first kappa shape index (κ1) is 14.4. The molecule has 2 atom stereocenters. The molecule has 106 valence electrons. The average Bonchev–Trinajstić information content (AvgIpc) is 2.32. The van der Waals surface area contributed by atoms with Gasteiger partial charge < -0.3 is 5.73 Å². The molecule has 1 aromatic carbocycles. The van der Waals surface area contributed by atoms with Crippen LogP contribution in [0.4, 0.5) is 8.78 Å². The Kier molecular flexibility index (Phi) is 3.92. The lowest BCUT2D eigenvalue weighted by Crippen LogP contribution is -2.52. The van der Waals surface area contributed by atoms with Crippen molar-refractivity contribution in [3.63, 3.8) is 0 Å². The average molecular weight is 268 g/mol. The lowest BCUT2D eigenvalue weighted by molar-refractivity contribution is 0.0652. The molecule has 1 aliphatic heterocycles. The monoisotopic (exact) mass is 268 g/mol. The molecule has 0 aromatic heterocycles. The number of benzene rings is 1. The molecule has 0 aliphatic carbocycles. The molecule has 1 heterocycles. The maximum absolute atomic E-state index is 13.8. The minimum atomic E-state index is -0.533. The van der Waals surface area contributed by atoms with Crippen LogP contribution >= 0.6 is 0 Å². The fraction of sp³-hybridized carbons (Fsp3) is 0.600. The molecule has 0 radical (unpaired) electrons. The molecule has 1 fully saturated rings. The van der Waals surface area contributed by atoms with E-state index in [0.717, 1.165) is 25.6 Å². The number of hydrogen-bond acceptors (Lipinski definition) is 2. The number of rotatable bonds is 2. The molecule has 1 saturated heterocycles. The highest BCUT2D eigenvalue weighted by molar-refractivity contribution is 5.22. The summed E-state index contributed by atoms with van der Waals surface area (Å²) in [5.41, 5.74) is 6.68. The normalized spacial score (nSPS) is 25.3. The van der Waals surface area contributed by atoms with Crippen molar-refractivity contribution < 1.29 is 8.78 Å². The van der Waals surface area contributed by atoms with Crippen LogP contribution in [-0.4, -0.2) is 24.0 Å². The van der Waals surface area contributed by atoms with E-state index in [0.29, 0.717) is 5.56 Å². The Morgan fingerprint density at radius 1 is 1.37 bits per heavy atom. The van der Waals surface area contributed by atoms with Crippen molar-refractivity contribution in [3.05, 3.63) is 35.4 Å². The molecular weight excluding hydrogens is 246 g/mol. The van der Waals surface area contributed by atoms with E-state index < -0.39 is 11.6 Å². The highest BCUT2D eigenvalue weighted by Gasteiger charge is 2.35. The summed E-state index contributed by atoms with van der Waals surface area (Å²) in [5, 5.41) is 0. The lowest BCUT2D eigenvalue weighted by atomic mass is 9.79. The first-order valence-electron chi connectivity index (χ1n) is 6.76. The SMILES string of the molecule is CC(c1ccc(F)cc1F)N1CCC(N)C(C)(C)C1. The van der Waals surface area contributed by atoms with Crippen molar-refractivity contribution in [1.82, 2.24) is 4.90 Å². The number of nitrogens with zero attached hydrogens (tertiary/aromatic N) is 1. The van der Waals surface area contributed by atoms with E-state index >= 15 is 0 Å². The van der Waals surface area contributed by atoms with Crippen molar-refractivity contribution in [2.24, 2.45) is 11.1 Å². The second kappa shape index (κ2) is 5.17. The van der Waals surface area contributed by atoms with E-state index in [1.54, 1.807) is 0 Å². The third-order valence-electron chi connectivity index (χ3n) is 4.30. The van der Waals surface area contributed by atoms with Crippen molar-refractivity contribution in [1.29, 1.82) is 0 Å². The molecular formula is C15H22F2N2. The highest BCUT2D eigenvalue weighted by atomic mass is 19.1. The summed E-state index contributed by atoms with van der Waals surface area (Å²) in [6.07, 6.45) is 0.903. The van der Waals surface area contributed by atoms with Crippen molar-refractivity contribution >= 4 is 0 Å². The maximum atomic E-state index is 13.8. The fourth-order valence-electron chi connectivity index (χ4n) is 2.78. The van der Waals surface area contributed by atoms with Crippen molar-refractivity contribution in [2.45, 2.75) is 39.3 Å². The summed E-state index contributed by atoms with van der Waals surface area (Å²) in [6.45, 7) is 7.91. The quantitative estimate of drug-likeness (QED) is 0.893. The number of hydrogen-bond donors (Lipinski definition) is 1. The Labute approximate surface area is 113 Å². The largest absolute Gasteiger partial charge is 0.327 e. The second-order valence-electron chi connectivity index (χ2n) is 6.20. The summed E-state index contributed by atoms with van der Waals surface area (Å²) in [7, 11) is 0. The Morgan fingerprint density at radius 2 is 2.05 bits per heavy atom. The smallest absolute Gasteiger partial charge is 0.130 e. The third-order valence-corrected chi connectivity index (χ3v) is 4.30. The maximum Gasteiger partial charge on any atom is 0.130 e. The number of nitrogens with two attached hydrogens (primary N) is 1. The first-order valence-corrected chi connectivity index (χ1v) is 6.76. The van der Waals surface area contributed by atoms with Crippen LogP contribution in [0.15, 0.2) is 18.2 Å². The molecule has 2 N–H and O–H groups in total. The van der Waals surface area contributed by atoms with Gasteiger partial charge in [-0.1, -0.05) is 19.9 Å². The molecule has 0 spiro atoms. The minimum absolute atomic E-state index is 0.0169. The van der Waals surface area contributed by atoms with Crippen LogP contribution in [0, 0.1) is 17.0 Å². The molecule has 0 saturated carbocycles. The first-order chi connectivity index (χ1) is 8.81. The lowest BCUT2D eigenvalue weighted by Gasteiger charge is -2.45. The van der Waals surface area contributed by atoms with Gasteiger partial charge in [0.05, 0.1) is 0 Å². The topological polar surface area (TPSA) is 29.3 Å². The number of likely N-dealkylation sites (tertiary alicyclic amines) is 1. The Hall–Kier alpha value is -1.00. The Balaban J connectivity index is 2.18. The number of halogens is 2. The van der Waals surface area contributed by atoms with E-state index in [9.17, 15) is 8.78 Å². The van der Waals surface area contributed by atoms with E-state index in [1.165, 1.54) is 12.1 Å². The van der Waals surface area contributed by atoms with Gasteiger partial charge in [0.1, 0.15) is 11.6 Å². The van der Waals surface area contributed by atoms with Gasteiger partial charge in [-0.05, 0) is 24.8 Å². The molecule has 0 bridgehead atoms. The van der Waals surface area contributed by atoms with Gasteiger partial charge in [-0.15, -0.1) is 0 Å². The van der Waals surface area contributed by atoms with E-state index in [-0.39, 0.29) is 17.5 Å². The van der Waals surface area contributed by atoms with Crippen LogP contribution in [0.5, 0.6) is 0 Å². The predicted octanol–water partition coefficient (Wildman–Crippen LogP) is 3.09. The predicted molar refractivity (Wildman–Crippen MR) is 72.7 cm³/mol. The molecule has 1 aromatic rings. The van der Waals surface area contributed by atoms with Gasteiger partial charge >= 0.3 is 0 Å². The molecule has 19 heavy (non-hydrogen) atoms.